The number of aromatic nitrogens is 2. The van der Waals surface area contributed by atoms with E-state index in [9.17, 15) is 9.18 Å². The van der Waals surface area contributed by atoms with E-state index >= 15 is 0 Å². The van der Waals surface area contributed by atoms with Gasteiger partial charge in [-0.1, -0.05) is 0 Å². The number of carbonyl (C=O) groups is 1. The maximum atomic E-state index is 13.4. The van der Waals surface area contributed by atoms with E-state index in [2.05, 4.69) is 15.5 Å². The van der Waals surface area contributed by atoms with E-state index in [1.807, 2.05) is 0 Å². The fraction of sp³-hybridized carbons (Fsp3) is 0. The quantitative estimate of drug-likeness (QED) is 0.668. The van der Waals surface area contributed by atoms with E-state index in [4.69, 9.17) is 5.73 Å². The van der Waals surface area contributed by atoms with E-state index in [0.717, 1.165) is 6.07 Å². The number of nitrogen functional groups attached to an aromatic ring is 1. The monoisotopic (exact) mass is 220 g/mol. The lowest BCUT2D eigenvalue weighted by Gasteiger charge is -2.04. The maximum Gasteiger partial charge on any atom is 0.258 e. The SMILES string of the molecule is Nc1ccc(C(=O)Nc2cn[nH]c2)c(F)c1. The lowest BCUT2D eigenvalue weighted by Crippen LogP contribution is -2.13. The number of nitrogens with one attached hydrogen (secondary N) is 2. The smallest absolute Gasteiger partial charge is 0.258 e. The van der Waals surface area contributed by atoms with Gasteiger partial charge in [0.25, 0.3) is 5.91 Å². The van der Waals surface area contributed by atoms with Crippen molar-refractivity contribution in [2.75, 3.05) is 11.1 Å². The van der Waals surface area contributed by atoms with Crippen LogP contribution in [0, 0.1) is 5.82 Å². The third-order valence-corrected chi connectivity index (χ3v) is 1.99. The number of halogens is 1. The van der Waals surface area contributed by atoms with Crippen LogP contribution >= 0.6 is 0 Å². The van der Waals surface area contributed by atoms with Gasteiger partial charge in [0.1, 0.15) is 5.82 Å². The van der Waals surface area contributed by atoms with Crippen molar-refractivity contribution in [1.29, 1.82) is 0 Å². The standard InChI is InChI=1S/C10H9FN4O/c11-9-3-6(12)1-2-8(9)10(16)15-7-4-13-14-5-7/h1-5H,12H2,(H,13,14)(H,15,16). The molecule has 2 aromatic rings. The Morgan fingerprint density at radius 1 is 1.50 bits per heavy atom. The highest BCUT2D eigenvalue weighted by molar-refractivity contribution is 6.04. The molecule has 0 bridgehead atoms. The first kappa shape index (κ1) is 10.2. The van der Waals surface area contributed by atoms with E-state index in [1.54, 1.807) is 0 Å². The van der Waals surface area contributed by atoms with E-state index in [-0.39, 0.29) is 11.3 Å². The van der Waals surface area contributed by atoms with Crippen molar-refractivity contribution in [3.63, 3.8) is 0 Å². The third-order valence-electron chi connectivity index (χ3n) is 1.99. The van der Waals surface area contributed by atoms with Gasteiger partial charge in [0.15, 0.2) is 0 Å². The zero-order valence-corrected chi connectivity index (χ0v) is 8.20. The number of H-pyrrole nitrogens is 1. The van der Waals surface area contributed by atoms with Crippen LogP contribution in [0.25, 0.3) is 0 Å². The Hall–Kier alpha value is -2.37. The Morgan fingerprint density at radius 2 is 2.31 bits per heavy atom. The molecule has 0 radical (unpaired) electrons. The summed E-state index contributed by atoms with van der Waals surface area (Å²) in [5.74, 6) is -1.19. The topological polar surface area (TPSA) is 83.8 Å². The van der Waals surface area contributed by atoms with Gasteiger partial charge in [0, 0.05) is 11.9 Å². The number of amides is 1. The fourth-order valence-corrected chi connectivity index (χ4v) is 1.23. The molecule has 0 saturated heterocycles. The molecular formula is C10H9FN4O. The molecule has 1 aromatic heterocycles. The Balaban J connectivity index is 2.21. The van der Waals surface area contributed by atoms with Crippen molar-refractivity contribution in [2.45, 2.75) is 0 Å². The number of anilines is 2. The van der Waals surface area contributed by atoms with E-state index in [0.29, 0.717) is 5.69 Å². The highest BCUT2D eigenvalue weighted by Crippen LogP contribution is 2.13. The second-order valence-corrected chi connectivity index (χ2v) is 3.18. The zero-order chi connectivity index (χ0) is 11.5. The minimum Gasteiger partial charge on any atom is -0.399 e. The molecule has 0 aliphatic carbocycles. The summed E-state index contributed by atoms with van der Waals surface area (Å²) in [6.07, 6.45) is 2.92. The van der Waals surface area contributed by atoms with Crippen LogP contribution in [0.2, 0.25) is 0 Å². The van der Waals surface area contributed by atoms with Gasteiger partial charge >= 0.3 is 0 Å². The first-order valence-corrected chi connectivity index (χ1v) is 4.52. The minimum absolute atomic E-state index is 0.0598. The number of aromatic amines is 1. The molecule has 1 heterocycles. The van der Waals surface area contributed by atoms with Crippen LogP contribution in [0.4, 0.5) is 15.8 Å². The number of nitrogens with zero attached hydrogens (tertiary/aromatic N) is 1. The van der Waals surface area contributed by atoms with Gasteiger partial charge < -0.3 is 11.1 Å². The van der Waals surface area contributed by atoms with Crippen LogP contribution in [0.5, 0.6) is 0 Å². The lowest BCUT2D eigenvalue weighted by atomic mass is 10.2. The van der Waals surface area contributed by atoms with Crippen LogP contribution in [0.3, 0.4) is 0 Å². The first-order valence-electron chi connectivity index (χ1n) is 4.52. The van der Waals surface area contributed by atoms with Crippen LogP contribution in [0.15, 0.2) is 30.6 Å². The molecule has 5 nitrogen and oxygen atoms in total. The molecule has 0 spiro atoms. The van der Waals surface area contributed by atoms with Crippen molar-refractivity contribution >= 4 is 17.3 Å². The number of carbonyl (C=O) groups excluding carboxylic acids is 1. The average molecular weight is 220 g/mol. The number of hydrogen-bond donors (Lipinski definition) is 3. The largest absolute Gasteiger partial charge is 0.399 e. The maximum absolute atomic E-state index is 13.4. The summed E-state index contributed by atoms with van der Waals surface area (Å²) in [4.78, 5) is 11.6. The van der Waals surface area contributed by atoms with Crippen molar-refractivity contribution < 1.29 is 9.18 Å². The van der Waals surface area contributed by atoms with Crippen LogP contribution < -0.4 is 11.1 Å². The first-order chi connectivity index (χ1) is 7.66. The number of rotatable bonds is 2. The number of hydrogen-bond acceptors (Lipinski definition) is 3. The highest BCUT2D eigenvalue weighted by Gasteiger charge is 2.12. The van der Waals surface area contributed by atoms with E-state index < -0.39 is 11.7 Å². The van der Waals surface area contributed by atoms with Crippen molar-refractivity contribution in [2.24, 2.45) is 0 Å². The average Bonchev–Trinajstić information content (AvgIpc) is 2.70. The van der Waals surface area contributed by atoms with Gasteiger partial charge in [-0.15, -0.1) is 0 Å². The van der Waals surface area contributed by atoms with Gasteiger partial charge in [-0.3, -0.25) is 9.89 Å². The van der Waals surface area contributed by atoms with Crippen LogP contribution in [-0.4, -0.2) is 16.1 Å². The number of benzene rings is 1. The molecule has 2 rings (SSSR count). The second kappa shape index (κ2) is 4.01. The summed E-state index contributed by atoms with van der Waals surface area (Å²) in [6, 6.07) is 3.90. The predicted molar refractivity (Wildman–Crippen MR) is 57.4 cm³/mol. The van der Waals surface area contributed by atoms with Crippen LogP contribution in [-0.2, 0) is 0 Å². The van der Waals surface area contributed by atoms with Gasteiger partial charge in [-0.05, 0) is 18.2 Å². The summed E-state index contributed by atoms with van der Waals surface area (Å²) >= 11 is 0. The van der Waals surface area contributed by atoms with Crippen LogP contribution in [0.1, 0.15) is 10.4 Å². The summed E-state index contributed by atoms with van der Waals surface area (Å²) in [6.45, 7) is 0. The summed E-state index contributed by atoms with van der Waals surface area (Å²) < 4.78 is 13.4. The summed E-state index contributed by atoms with van der Waals surface area (Å²) in [7, 11) is 0. The Morgan fingerprint density at radius 3 is 2.94 bits per heavy atom. The Kier molecular flexibility index (Phi) is 2.55. The lowest BCUT2D eigenvalue weighted by molar-refractivity contribution is 0.102. The summed E-state index contributed by atoms with van der Waals surface area (Å²) in [5, 5.41) is 8.67. The highest BCUT2D eigenvalue weighted by atomic mass is 19.1. The fourth-order valence-electron chi connectivity index (χ4n) is 1.23. The van der Waals surface area contributed by atoms with Gasteiger partial charge in [-0.2, -0.15) is 5.10 Å². The van der Waals surface area contributed by atoms with Crippen molar-refractivity contribution in [3.8, 4) is 0 Å². The Bertz CT molecular complexity index is 510. The van der Waals surface area contributed by atoms with Gasteiger partial charge in [0.05, 0.1) is 17.4 Å². The van der Waals surface area contributed by atoms with Gasteiger partial charge in [-0.25, -0.2) is 4.39 Å². The predicted octanol–water partition coefficient (Wildman–Crippen LogP) is 1.38. The molecular weight excluding hydrogens is 211 g/mol. The third kappa shape index (κ3) is 2.00. The number of nitrogens with two attached hydrogens (primary N) is 1. The molecule has 0 fully saturated rings. The molecule has 6 heteroatoms. The molecule has 16 heavy (non-hydrogen) atoms. The molecule has 1 aromatic carbocycles. The zero-order valence-electron chi connectivity index (χ0n) is 8.20. The molecule has 0 atom stereocenters. The summed E-state index contributed by atoms with van der Waals surface area (Å²) in [5.41, 5.74) is 6.07. The Labute approximate surface area is 90.5 Å². The second-order valence-electron chi connectivity index (χ2n) is 3.18. The molecule has 1 amide bonds. The normalized spacial score (nSPS) is 10.1. The molecule has 4 N–H and O–H groups in total. The molecule has 0 aliphatic heterocycles. The molecule has 82 valence electrons. The van der Waals surface area contributed by atoms with Crippen molar-refractivity contribution in [1.82, 2.24) is 10.2 Å². The molecule has 0 saturated carbocycles. The molecule has 0 aliphatic rings. The van der Waals surface area contributed by atoms with E-state index in [1.165, 1.54) is 24.5 Å². The van der Waals surface area contributed by atoms with Crippen molar-refractivity contribution in [3.05, 3.63) is 42.0 Å². The van der Waals surface area contributed by atoms with Gasteiger partial charge in [0.2, 0.25) is 0 Å². The molecule has 0 unspecified atom stereocenters. The minimum atomic E-state index is -0.652.